The summed E-state index contributed by atoms with van der Waals surface area (Å²) in [6, 6.07) is 18.3. The zero-order chi connectivity index (χ0) is 23.9. The molecule has 1 aliphatic rings. The smallest absolute Gasteiger partial charge is 0.270 e. The summed E-state index contributed by atoms with van der Waals surface area (Å²) >= 11 is 0. The number of nitro groups is 1. The monoisotopic (exact) mass is 463 g/mol. The van der Waals surface area contributed by atoms with Gasteiger partial charge in [0, 0.05) is 37.5 Å². The molecule has 1 saturated heterocycles. The topological polar surface area (TPSA) is 103 Å². The molecule has 176 valence electrons. The second-order valence-corrected chi connectivity index (χ2v) is 7.76. The summed E-state index contributed by atoms with van der Waals surface area (Å²) < 4.78 is 16.4. The number of nitro benzene ring substituents is 1. The molecular formula is C25H25N3O6. The molecule has 9 heteroatoms. The average Bonchev–Trinajstić information content (AvgIpc) is 2.85. The third kappa shape index (κ3) is 5.89. The van der Waals surface area contributed by atoms with Crippen LogP contribution in [0.1, 0.15) is 15.9 Å². The third-order valence-corrected chi connectivity index (χ3v) is 5.40. The van der Waals surface area contributed by atoms with Crippen LogP contribution in [0.3, 0.4) is 0 Å². The summed E-state index contributed by atoms with van der Waals surface area (Å²) in [6.07, 6.45) is 0. The second-order valence-electron chi connectivity index (χ2n) is 7.76. The molecule has 0 unspecified atom stereocenters. The third-order valence-electron chi connectivity index (χ3n) is 5.40. The van der Waals surface area contributed by atoms with E-state index in [1.54, 1.807) is 37.4 Å². The van der Waals surface area contributed by atoms with Gasteiger partial charge in [-0.25, -0.2) is 0 Å². The van der Waals surface area contributed by atoms with Gasteiger partial charge in [-0.2, -0.15) is 0 Å². The lowest BCUT2D eigenvalue weighted by molar-refractivity contribution is -0.384. The quantitative estimate of drug-likeness (QED) is 0.388. The maximum absolute atomic E-state index is 13.1. The van der Waals surface area contributed by atoms with Gasteiger partial charge in [-0.15, -0.1) is 0 Å². The van der Waals surface area contributed by atoms with Crippen molar-refractivity contribution < 1.29 is 23.9 Å². The normalized spacial score (nSPS) is 13.8. The Balaban J connectivity index is 1.54. The van der Waals surface area contributed by atoms with E-state index in [-0.39, 0.29) is 17.0 Å². The van der Waals surface area contributed by atoms with E-state index in [4.69, 9.17) is 14.2 Å². The Bertz CT molecular complexity index is 1160. The van der Waals surface area contributed by atoms with Gasteiger partial charge in [0.15, 0.2) is 0 Å². The van der Waals surface area contributed by atoms with E-state index in [0.29, 0.717) is 30.4 Å². The first-order valence-electron chi connectivity index (χ1n) is 10.8. The maximum Gasteiger partial charge on any atom is 0.270 e. The molecule has 1 heterocycles. The molecule has 0 radical (unpaired) electrons. The van der Waals surface area contributed by atoms with Gasteiger partial charge in [-0.05, 0) is 48.0 Å². The fourth-order valence-corrected chi connectivity index (χ4v) is 3.63. The van der Waals surface area contributed by atoms with Crippen molar-refractivity contribution in [2.45, 2.75) is 6.54 Å². The molecule has 0 atom stereocenters. The molecule has 0 bridgehead atoms. The number of rotatable bonds is 8. The lowest BCUT2D eigenvalue weighted by atomic mass is 10.1. The Morgan fingerprint density at radius 2 is 1.79 bits per heavy atom. The van der Waals surface area contributed by atoms with E-state index in [9.17, 15) is 14.9 Å². The Labute approximate surface area is 197 Å². The number of anilines is 1. The molecule has 3 aromatic carbocycles. The average molecular weight is 463 g/mol. The highest BCUT2D eigenvalue weighted by Gasteiger charge is 2.19. The molecule has 1 N–H and O–H groups in total. The van der Waals surface area contributed by atoms with E-state index >= 15 is 0 Å². The largest absolute Gasteiger partial charge is 0.497 e. The number of methoxy groups -OCH3 is 1. The summed E-state index contributed by atoms with van der Waals surface area (Å²) in [7, 11) is 1.56. The van der Waals surface area contributed by atoms with Crippen LogP contribution >= 0.6 is 0 Å². The number of hydrogen-bond donors (Lipinski definition) is 1. The van der Waals surface area contributed by atoms with Gasteiger partial charge < -0.3 is 19.5 Å². The van der Waals surface area contributed by atoms with Crippen molar-refractivity contribution in [3.05, 3.63) is 88.0 Å². The molecule has 34 heavy (non-hydrogen) atoms. The second kappa shape index (κ2) is 10.8. The molecule has 1 amide bonds. The van der Waals surface area contributed by atoms with Gasteiger partial charge in [0.25, 0.3) is 11.6 Å². The van der Waals surface area contributed by atoms with Gasteiger partial charge in [0.1, 0.15) is 17.2 Å². The van der Waals surface area contributed by atoms with E-state index in [0.717, 1.165) is 25.2 Å². The number of nitrogens with one attached hydrogen (secondary N) is 1. The van der Waals surface area contributed by atoms with E-state index < -0.39 is 10.8 Å². The van der Waals surface area contributed by atoms with Crippen LogP contribution in [-0.4, -0.2) is 49.1 Å². The highest BCUT2D eigenvalue weighted by molar-refractivity contribution is 6.06. The van der Waals surface area contributed by atoms with Crippen molar-refractivity contribution in [1.82, 2.24) is 4.90 Å². The van der Waals surface area contributed by atoms with E-state index in [1.165, 1.54) is 18.2 Å². The van der Waals surface area contributed by atoms with Crippen LogP contribution in [0.4, 0.5) is 11.4 Å². The molecule has 1 aliphatic heterocycles. The highest BCUT2D eigenvalue weighted by Crippen LogP contribution is 2.30. The lowest BCUT2D eigenvalue weighted by Gasteiger charge is -2.26. The number of nitrogens with zero attached hydrogens (tertiary/aromatic N) is 2. The summed E-state index contributed by atoms with van der Waals surface area (Å²) in [4.78, 5) is 26.2. The minimum atomic E-state index is -0.545. The van der Waals surface area contributed by atoms with Crippen molar-refractivity contribution in [2.24, 2.45) is 0 Å². The number of ether oxygens (including phenoxy) is 3. The molecule has 1 fully saturated rings. The van der Waals surface area contributed by atoms with Crippen molar-refractivity contribution >= 4 is 17.3 Å². The molecule has 3 aromatic rings. The Morgan fingerprint density at radius 1 is 1.06 bits per heavy atom. The van der Waals surface area contributed by atoms with E-state index in [2.05, 4.69) is 10.2 Å². The number of carbonyl (C=O) groups is 1. The summed E-state index contributed by atoms with van der Waals surface area (Å²) in [5.74, 6) is 0.829. The van der Waals surface area contributed by atoms with E-state index in [1.807, 2.05) is 18.2 Å². The van der Waals surface area contributed by atoms with Gasteiger partial charge in [-0.3, -0.25) is 19.8 Å². The Morgan fingerprint density at radius 3 is 2.50 bits per heavy atom. The molecule has 0 aromatic heterocycles. The van der Waals surface area contributed by atoms with Crippen LogP contribution in [-0.2, 0) is 11.3 Å². The molecular weight excluding hydrogens is 438 g/mol. The van der Waals surface area contributed by atoms with Crippen molar-refractivity contribution in [3.8, 4) is 17.2 Å². The van der Waals surface area contributed by atoms with Crippen LogP contribution in [0.2, 0.25) is 0 Å². The molecule has 4 rings (SSSR count). The first kappa shape index (κ1) is 23.2. The fourth-order valence-electron chi connectivity index (χ4n) is 3.63. The number of hydrogen-bond acceptors (Lipinski definition) is 7. The van der Waals surface area contributed by atoms with Gasteiger partial charge >= 0.3 is 0 Å². The van der Waals surface area contributed by atoms with Crippen molar-refractivity contribution in [2.75, 3.05) is 38.7 Å². The number of non-ortho nitro benzene ring substituents is 1. The van der Waals surface area contributed by atoms with Gasteiger partial charge in [0.2, 0.25) is 0 Å². The lowest BCUT2D eigenvalue weighted by Crippen LogP contribution is -2.35. The minimum Gasteiger partial charge on any atom is -0.497 e. The first-order valence-corrected chi connectivity index (χ1v) is 10.8. The van der Waals surface area contributed by atoms with Crippen LogP contribution < -0.4 is 14.8 Å². The van der Waals surface area contributed by atoms with Crippen molar-refractivity contribution in [1.29, 1.82) is 0 Å². The summed E-state index contributed by atoms with van der Waals surface area (Å²) in [5, 5.41) is 14.2. The Kier molecular flexibility index (Phi) is 7.36. The molecule has 0 spiro atoms. The SMILES string of the molecule is COc1ccc(Oc2ccc([N+](=O)[O-])cc2C(=O)Nc2cccc(CN3CCOCC3)c2)cc1. The van der Waals surface area contributed by atoms with Crippen LogP contribution in [0.25, 0.3) is 0 Å². The number of morpholine rings is 1. The molecule has 0 aliphatic carbocycles. The zero-order valence-corrected chi connectivity index (χ0v) is 18.7. The van der Waals surface area contributed by atoms with Gasteiger partial charge in [-0.1, -0.05) is 12.1 Å². The number of carbonyl (C=O) groups excluding carboxylic acids is 1. The fraction of sp³-hybridized carbons (Fsp3) is 0.240. The molecule has 9 nitrogen and oxygen atoms in total. The van der Waals surface area contributed by atoms with Crippen LogP contribution in [0.5, 0.6) is 17.2 Å². The standard InChI is InChI=1S/C25H25N3O6/c1-32-21-6-8-22(9-7-21)34-24-10-5-20(28(30)31)16-23(24)25(29)26-19-4-2-3-18(15-19)17-27-11-13-33-14-12-27/h2-10,15-16H,11-14,17H2,1H3,(H,26,29). The first-order chi connectivity index (χ1) is 16.5. The van der Waals surface area contributed by atoms with Gasteiger partial charge in [0.05, 0.1) is 30.8 Å². The number of benzene rings is 3. The Hall–Kier alpha value is -3.95. The van der Waals surface area contributed by atoms with Crippen LogP contribution in [0, 0.1) is 10.1 Å². The van der Waals surface area contributed by atoms with Crippen molar-refractivity contribution in [3.63, 3.8) is 0 Å². The predicted octanol–water partition coefficient (Wildman–Crippen LogP) is 4.48. The molecule has 0 saturated carbocycles. The maximum atomic E-state index is 13.1. The van der Waals surface area contributed by atoms with Crippen LogP contribution in [0.15, 0.2) is 66.7 Å². The zero-order valence-electron chi connectivity index (χ0n) is 18.7. The summed E-state index contributed by atoms with van der Waals surface area (Å²) in [6.45, 7) is 3.88. The predicted molar refractivity (Wildman–Crippen MR) is 127 cm³/mol. The summed E-state index contributed by atoms with van der Waals surface area (Å²) in [5.41, 5.74) is 1.50. The number of amides is 1. The minimum absolute atomic E-state index is 0.0589. The highest BCUT2D eigenvalue weighted by atomic mass is 16.6.